The zero-order valence-electron chi connectivity index (χ0n) is 25.6. The Balaban J connectivity index is 1.55. The Morgan fingerprint density at radius 1 is 0.857 bits per heavy atom. The molecule has 4 rings (SSSR count). The van der Waals surface area contributed by atoms with Crippen LogP contribution in [-0.2, 0) is 22.6 Å². The number of morpholine rings is 1. The van der Waals surface area contributed by atoms with E-state index in [1.165, 1.54) is 0 Å². The molecule has 0 radical (unpaired) electrons. The van der Waals surface area contributed by atoms with Gasteiger partial charge in [0, 0.05) is 38.4 Å². The molecule has 3 amide bonds. The molecule has 1 aliphatic rings. The Kier molecular flexibility index (Phi) is 11.6. The van der Waals surface area contributed by atoms with E-state index in [0.717, 1.165) is 61.6 Å². The molecule has 8 heteroatoms. The number of hydrogen-bond acceptors (Lipinski definition) is 5. The monoisotopic (exact) mass is 574 g/mol. The lowest BCUT2D eigenvalue weighted by molar-refractivity contribution is -0.133. The third kappa shape index (κ3) is 8.94. The second-order valence-corrected chi connectivity index (χ2v) is 11.6. The molecule has 1 aliphatic heterocycles. The van der Waals surface area contributed by atoms with E-state index < -0.39 is 0 Å². The number of rotatable bonds is 13. The molecule has 1 N–H and O–H groups in total. The fourth-order valence-corrected chi connectivity index (χ4v) is 5.33. The first-order chi connectivity index (χ1) is 20.3. The molecule has 226 valence electrons. The van der Waals surface area contributed by atoms with Gasteiger partial charge in [-0.1, -0.05) is 76.2 Å². The van der Waals surface area contributed by atoms with Crippen LogP contribution in [0, 0.1) is 0 Å². The van der Waals surface area contributed by atoms with Gasteiger partial charge in [-0.15, -0.1) is 0 Å². The molecule has 1 aromatic heterocycles. The van der Waals surface area contributed by atoms with E-state index in [-0.39, 0.29) is 30.3 Å². The van der Waals surface area contributed by atoms with Crippen molar-refractivity contribution >= 4 is 17.6 Å². The molecule has 0 bridgehead atoms. The predicted molar refractivity (Wildman–Crippen MR) is 166 cm³/mol. The smallest absolute Gasteiger partial charge is 0.322 e. The van der Waals surface area contributed by atoms with Crippen LogP contribution in [0.4, 0.5) is 10.5 Å². The standard InChI is InChI=1S/C34H46N4O4/c1-26(2)30-14-8-15-31(27(3)4)33(30)35-34(40)37(17-10-16-36-18-21-41-22-19-36)25-32(39)38(24-29-13-9-20-42-29)23-28-11-6-5-7-12-28/h5-9,11-15,20,26-27H,10,16-19,21-25H2,1-4H3,(H,35,40). The van der Waals surface area contributed by atoms with Crippen LogP contribution in [0.5, 0.6) is 0 Å². The lowest BCUT2D eigenvalue weighted by Crippen LogP contribution is -2.45. The number of urea groups is 1. The van der Waals surface area contributed by atoms with Crippen LogP contribution in [0.1, 0.15) is 68.4 Å². The van der Waals surface area contributed by atoms with E-state index in [1.807, 2.05) is 42.5 Å². The van der Waals surface area contributed by atoms with Crippen LogP contribution < -0.4 is 5.32 Å². The van der Waals surface area contributed by atoms with Crippen molar-refractivity contribution in [2.24, 2.45) is 0 Å². The van der Waals surface area contributed by atoms with Gasteiger partial charge < -0.3 is 24.3 Å². The summed E-state index contributed by atoms with van der Waals surface area (Å²) in [5, 5.41) is 3.23. The molecule has 1 saturated heterocycles. The van der Waals surface area contributed by atoms with Gasteiger partial charge in [0.25, 0.3) is 0 Å². The van der Waals surface area contributed by atoms with Gasteiger partial charge in [-0.2, -0.15) is 0 Å². The van der Waals surface area contributed by atoms with Crippen molar-refractivity contribution in [3.63, 3.8) is 0 Å². The summed E-state index contributed by atoms with van der Waals surface area (Å²) in [7, 11) is 0. The Bertz CT molecular complexity index is 1230. The summed E-state index contributed by atoms with van der Waals surface area (Å²) in [6.45, 7) is 13.8. The molecular formula is C34H46N4O4. The average Bonchev–Trinajstić information content (AvgIpc) is 3.50. The maximum absolute atomic E-state index is 14.0. The lowest BCUT2D eigenvalue weighted by atomic mass is 9.93. The summed E-state index contributed by atoms with van der Waals surface area (Å²) in [4.78, 5) is 33.6. The Labute approximate surface area is 250 Å². The summed E-state index contributed by atoms with van der Waals surface area (Å²) >= 11 is 0. The first-order valence-corrected chi connectivity index (χ1v) is 15.1. The number of nitrogens with one attached hydrogen (secondary N) is 1. The van der Waals surface area contributed by atoms with E-state index in [9.17, 15) is 9.59 Å². The highest BCUT2D eigenvalue weighted by Gasteiger charge is 2.25. The third-order valence-corrected chi connectivity index (χ3v) is 7.72. The number of hydrogen-bond donors (Lipinski definition) is 1. The quantitative estimate of drug-likeness (QED) is 0.259. The number of carbonyl (C=O) groups excluding carboxylic acids is 2. The number of anilines is 1. The Morgan fingerprint density at radius 2 is 1.55 bits per heavy atom. The highest BCUT2D eigenvalue weighted by Crippen LogP contribution is 2.32. The van der Waals surface area contributed by atoms with Crippen LogP contribution in [0.15, 0.2) is 71.3 Å². The molecule has 0 spiro atoms. The van der Waals surface area contributed by atoms with E-state index in [4.69, 9.17) is 9.15 Å². The number of furan rings is 1. The lowest BCUT2D eigenvalue weighted by Gasteiger charge is -2.30. The van der Waals surface area contributed by atoms with Gasteiger partial charge >= 0.3 is 6.03 Å². The van der Waals surface area contributed by atoms with Crippen LogP contribution in [0.2, 0.25) is 0 Å². The molecule has 0 saturated carbocycles. The number of nitrogens with zero attached hydrogens (tertiary/aromatic N) is 3. The van der Waals surface area contributed by atoms with E-state index in [1.54, 1.807) is 16.1 Å². The third-order valence-electron chi connectivity index (χ3n) is 7.72. The normalized spacial score (nSPS) is 13.9. The zero-order valence-corrected chi connectivity index (χ0v) is 25.6. The number of carbonyl (C=O) groups is 2. The summed E-state index contributed by atoms with van der Waals surface area (Å²) in [5.41, 5.74) is 4.07. The van der Waals surface area contributed by atoms with Crippen LogP contribution in [0.3, 0.4) is 0 Å². The minimum absolute atomic E-state index is 0.0245. The number of ether oxygens (including phenoxy) is 1. The van der Waals surface area contributed by atoms with Crippen molar-refractivity contribution < 1.29 is 18.7 Å². The second-order valence-electron chi connectivity index (χ2n) is 11.6. The molecule has 42 heavy (non-hydrogen) atoms. The largest absolute Gasteiger partial charge is 0.467 e. The number of para-hydroxylation sites is 1. The predicted octanol–water partition coefficient (Wildman–Crippen LogP) is 6.31. The van der Waals surface area contributed by atoms with Gasteiger partial charge in [0.15, 0.2) is 0 Å². The average molecular weight is 575 g/mol. The Morgan fingerprint density at radius 3 is 2.17 bits per heavy atom. The molecular weight excluding hydrogens is 528 g/mol. The molecule has 2 aromatic carbocycles. The van der Waals surface area contributed by atoms with Gasteiger partial charge in [-0.3, -0.25) is 9.69 Å². The van der Waals surface area contributed by atoms with Crippen molar-refractivity contribution in [1.82, 2.24) is 14.7 Å². The minimum Gasteiger partial charge on any atom is -0.467 e. The molecule has 0 atom stereocenters. The fraction of sp³-hybridized carbons (Fsp3) is 0.471. The number of amides is 3. The molecule has 1 fully saturated rings. The Hall–Kier alpha value is -3.62. The highest BCUT2D eigenvalue weighted by atomic mass is 16.5. The zero-order chi connectivity index (χ0) is 29.9. The summed E-state index contributed by atoms with van der Waals surface area (Å²) in [6.07, 6.45) is 2.38. The van der Waals surface area contributed by atoms with Gasteiger partial charge in [0.1, 0.15) is 12.3 Å². The van der Waals surface area contributed by atoms with E-state index in [2.05, 4.69) is 56.1 Å². The maximum atomic E-state index is 14.0. The first-order valence-electron chi connectivity index (χ1n) is 15.1. The van der Waals surface area contributed by atoms with Gasteiger partial charge in [0.2, 0.25) is 5.91 Å². The number of benzene rings is 2. The van der Waals surface area contributed by atoms with Gasteiger partial charge in [-0.25, -0.2) is 4.79 Å². The summed E-state index contributed by atoms with van der Waals surface area (Å²) < 4.78 is 11.1. The van der Waals surface area contributed by atoms with Crippen LogP contribution in [-0.4, -0.2) is 72.6 Å². The van der Waals surface area contributed by atoms with E-state index >= 15 is 0 Å². The van der Waals surface area contributed by atoms with E-state index in [0.29, 0.717) is 25.4 Å². The van der Waals surface area contributed by atoms with Crippen LogP contribution in [0.25, 0.3) is 0 Å². The SMILES string of the molecule is CC(C)c1cccc(C(C)C)c1NC(=O)N(CCCN1CCOCC1)CC(=O)N(Cc1ccccc1)Cc1ccco1. The highest BCUT2D eigenvalue weighted by molar-refractivity contribution is 5.94. The van der Waals surface area contributed by atoms with Gasteiger partial charge in [0.05, 0.1) is 26.0 Å². The topological polar surface area (TPSA) is 78.3 Å². The maximum Gasteiger partial charge on any atom is 0.322 e. The summed E-state index contributed by atoms with van der Waals surface area (Å²) in [6, 6.07) is 19.6. The summed E-state index contributed by atoms with van der Waals surface area (Å²) in [5.74, 6) is 1.06. The van der Waals surface area contributed by atoms with Crippen molar-refractivity contribution in [2.45, 2.75) is 59.0 Å². The molecule has 0 unspecified atom stereocenters. The van der Waals surface area contributed by atoms with Gasteiger partial charge in [-0.05, 0) is 47.1 Å². The second kappa shape index (κ2) is 15.6. The molecule has 8 nitrogen and oxygen atoms in total. The van der Waals surface area contributed by atoms with Crippen molar-refractivity contribution in [3.8, 4) is 0 Å². The first kappa shape index (κ1) is 31.3. The van der Waals surface area contributed by atoms with Crippen molar-refractivity contribution in [1.29, 1.82) is 0 Å². The van der Waals surface area contributed by atoms with Crippen molar-refractivity contribution in [2.75, 3.05) is 51.3 Å². The molecule has 3 aromatic rings. The fourth-order valence-electron chi connectivity index (χ4n) is 5.33. The molecule has 0 aliphatic carbocycles. The van der Waals surface area contributed by atoms with Crippen molar-refractivity contribution in [3.05, 3.63) is 89.4 Å². The minimum atomic E-state index is -0.252. The molecule has 2 heterocycles. The van der Waals surface area contributed by atoms with Crippen LogP contribution >= 0.6 is 0 Å².